The average Bonchev–Trinajstić information content (AvgIpc) is 3.45. The zero-order chi connectivity index (χ0) is 25.4. The van der Waals surface area contributed by atoms with Gasteiger partial charge in [-0.15, -0.1) is 0 Å². The van der Waals surface area contributed by atoms with Crippen molar-refractivity contribution in [3.8, 4) is 0 Å². The van der Waals surface area contributed by atoms with Gasteiger partial charge in [0.1, 0.15) is 5.58 Å². The van der Waals surface area contributed by atoms with Crippen LogP contribution in [0.3, 0.4) is 0 Å². The number of halogens is 1. The van der Waals surface area contributed by atoms with Crippen molar-refractivity contribution in [2.24, 2.45) is 0 Å². The van der Waals surface area contributed by atoms with Gasteiger partial charge in [-0.25, -0.2) is 0 Å². The molecule has 2 heterocycles. The Labute approximate surface area is 214 Å². The first-order chi connectivity index (χ1) is 17.4. The SMILES string of the molecule is CCN(CC)c1ccc(C2C(C(=O)c3cc4ccccc4o3)=C(O)C(=O)N2c2ccc(Cl)cc2)cc1. The van der Waals surface area contributed by atoms with Crippen molar-refractivity contribution in [1.29, 1.82) is 0 Å². The Hall–Kier alpha value is -4.03. The molecule has 7 heteroatoms. The quantitative estimate of drug-likeness (QED) is 0.285. The van der Waals surface area contributed by atoms with Gasteiger partial charge in [-0.1, -0.05) is 41.9 Å². The van der Waals surface area contributed by atoms with E-state index in [2.05, 4.69) is 18.7 Å². The molecule has 0 bridgehead atoms. The third-order valence-electron chi connectivity index (χ3n) is 6.54. The Kier molecular flexibility index (Phi) is 6.29. The number of aliphatic hydroxyl groups excluding tert-OH is 1. The van der Waals surface area contributed by atoms with Crippen LogP contribution in [0.25, 0.3) is 11.0 Å². The summed E-state index contributed by atoms with van der Waals surface area (Å²) in [5.41, 5.74) is 2.77. The first kappa shape index (κ1) is 23.7. The van der Waals surface area contributed by atoms with Gasteiger partial charge in [0.05, 0.1) is 11.6 Å². The van der Waals surface area contributed by atoms with Gasteiger partial charge >= 0.3 is 0 Å². The Morgan fingerprint density at radius 3 is 2.31 bits per heavy atom. The number of benzene rings is 3. The molecule has 1 atom stereocenters. The number of hydrogen-bond acceptors (Lipinski definition) is 5. The van der Waals surface area contributed by atoms with E-state index in [0.29, 0.717) is 21.9 Å². The number of nitrogens with zero attached hydrogens (tertiary/aromatic N) is 2. The maximum absolute atomic E-state index is 13.7. The lowest BCUT2D eigenvalue weighted by Crippen LogP contribution is -2.31. The highest BCUT2D eigenvalue weighted by Gasteiger charge is 2.45. The van der Waals surface area contributed by atoms with Crippen molar-refractivity contribution in [2.75, 3.05) is 22.9 Å². The zero-order valence-electron chi connectivity index (χ0n) is 19.9. The van der Waals surface area contributed by atoms with E-state index in [1.54, 1.807) is 36.4 Å². The van der Waals surface area contributed by atoms with E-state index in [1.165, 1.54) is 4.90 Å². The van der Waals surface area contributed by atoms with Crippen molar-refractivity contribution < 1.29 is 19.1 Å². The second-order valence-electron chi connectivity index (χ2n) is 8.56. The highest BCUT2D eigenvalue weighted by Crippen LogP contribution is 2.43. The normalized spacial score (nSPS) is 15.7. The fourth-order valence-electron chi connectivity index (χ4n) is 4.70. The molecule has 1 unspecified atom stereocenters. The van der Waals surface area contributed by atoms with Crippen molar-refractivity contribution >= 4 is 45.6 Å². The zero-order valence-corrected chi connectivity index (χ0v) is 20.7. The van der Waals surface area contributed by atoms with Gasteiger partial charge in [0.2, 0.25) is 5.78 Å². The molecule has 0 spiro atoms. The van der Waals surface area contributed by atoms with Gasteiger partial charge < -0.3 is 14.4 Å². The van der Waals surface area contributed by atoms with Crippen LogP contribution < -0.4 is 9.80 Å². The first-order valence-corrected chi connectivity index (χ1v) is 12.2. The van der Waals surface area contributed by atoms with E-state index in [4.69, 9.17) is 16.0 Å². The molecule has 1 aliphatic heterocycles. The van der Waals surface area contributed by atoms with E-state index in [0.717, 1.165) is 24.2 Å². The van der Waals surface area contributed by atoms with Crippen LogP contribution in [-0.4, -0.2) is 29.9 Å². The highest BCUT2D eigenvalue weighted by molar-refractivity contribution is 6.30. The van der Waals surface area contributed by atoms with Crippen LogP contribution in [-0.2, 0) is 4.79 Å². The van der Waals surface area contributed by atoms with Crippen LogP contribution in [0.2, 0.25) is 5.02 Å². The molecule has 3 aromatic carbocycles. The summed E-state index contributed by atoms with van der Waals surface area (Å²) < 4.78 is 5.80. The fourth-order valence-corrected chi connectivity index (χ4v) is 4.83. The molecule has 6 nitrogen and oxygen atoms in total. The largest absolute Gasteiger partial charge is 0.503 e. The molecule has 0 aliphatic carbocycles. The van der Waals surface area contributed by atoms with Crippen molar-refractivity contribution in [2.45, 2.75) is 19.9 Å². The third-order valence-corrected chi connectivity index (χ3v) is 6.80. The van der Waals surface area contributed by atoms with Gasteiger partial charge in [-0.3, -0.25) is 14.5 Å². The molecular weight excluding hydrogens is 476 g/mol. The summed E-state index contributed by atoms with van der Waals surface area (Å²) in [6.07, 6.45) is 0. The van der Waals surface area contributed by atoms with Gasteiger partial charge in [-0.2, -0.15) is 0 Å². The molecule has 1 aromatic heterocycles. The molecule has 1 aliphatic rings. The number of amides is 1. The Bertz CT molecular complexity index is 1430. The lowest BCUT2D eigenvalue weighted by molar-refractivity contribution is -0.117. The standard InChI is InChI=1S/C29H25ClN2O4/c1-3-31(4-2)21-13-9-18(10-14-21)26-25(27(33)24-17-19-7-5-6-8-23(19)36-24)28(34)29(35)32(26)22-15-11-20(30)12-16-22/h5-17,26,34H,3-4H2,1-2H3. The number of anilines is 2. The average molecular weight is 501 g/mol. The Balaban J connectivity index is 1.62. The fraction of sp³-hybridized carbons (Fsp3) is 0.172. The number of para-hydroxylation sites is 1. The molecule has 4 aromatic rings. The minimum absolute atomic E-state index is 0.0235. The summed E-state index contributed by atoms with van der Waals surface area (Å²) in [4.78, 5) is 30.7. The summed E-state index contributed by atoms with van der Waals surface area (Å²) in [5, 5.41) is 12.3. The number of carbonyl (C=O) groups excluding carboxylic acids is 2. The first-order valence-electron chi connectivity index (χ1n) is 11.8. The molecule has 0 saturated carbocycles. The lowest BCUT2D eigenvalue weighted by atomic mass is 9.94. The molecular formula is C29H25ClN2O4. The van der Waals surface area contributed by atoms with Crippen molar-refractivity contribution in [3.05, 3.63) is 107 Å². The summed E-state index contributed by atoms with van der Waals surface area (Å²) in [7, 11) is 0. The molecule has 0 fully saturated rings. The number of carbonyl (C=O) groups is 2. The Morgan fingerprint density at radius 1 is 1.00 bits per heavy atom. The molecule has 1 N–H and O–H groups in total. The lowest BCUT2D eigenvalue weighted by Gasteiger charge is -2.28. The second-order valence-corrected chi connectivity index (χ2v) is 8.99. The summed E-state index contributed by atoms with van der Waals surface area (Å²) in [6.45, 7) is 5.87. The van der Waals surface area contributed by atoms with E-state index < -0.39 is 23.5 Å². The number of Topliss-reactive ketones (excluding diaryl/α,β-unsaturated/α-hetero) is 1. The second kappa shape index (κ2) is 9.55. The van der Waals surface area contributed by atoms with Gasteiger partial charge in [0.15, 0.2) is 11.5 Å². The minimum atomic E-state index is -0.842. The molecule has 0 radical (unpaired) electrons. The number of rotatable bonds is 7. The number of hydrogen-bond donors (Lipinski definition) is 1. The van der Waals surface area contributed by atoms with Gasteiger partial charge in [0.25, 0.3) is 5.91 Å². The maximum Gasteiger partial charge on any atom is 0.294 e. The number of ketones is 1. The van der Waals surface area contributed by atoms with E-state index in [1.807, 2.05) is 42.5 Å². The topological polar surface area (TPSA) is 74.0 Å². The third kappa shape index (κ3) is 4.03. The smallest absolute Gasteiger partial charge is 0.294 e. The molecule has 0 saturated heterocycles. The number of aliphatic hydroxyl groups is 1. The van der Waals surface area contributed by atoms with E-state index in [-0.39, 0.29) is 11.3 Å². The predicted octanol–water partition coefficient (Wildman–Crippen LogP) is 6.72. The van der Waals surface area contributed by atoms with Crippen LogP contribution in [0.5, 0.6) is 0 Å². The predicted molar refractivity (Wildman–Crippen MR) is 142 cm³/mol. The van der Waals surface area contributed by atoms with Crippen LogP contribution in [0, 0.1) is 0 Å². The Morgan fingerprint density at radius 2 is 1.67 bits per heavy atom. The highest BCUT2D eigenvalue weighted by atomic mass is 35.5. The van der Waals surface area contributed by atoms with E-state index >= 15 is 0 Å². The number of furan rings is 1. The minimum Gasteiger partial charge on any atom is -0.503 e. The van der Waals surface area contributed by atoms with Gasteiger partial charge in [0, 0.05) is 34.9 Å². The van der Waals surface area contributed by atoms with Crippen molar-refractivity contribution in [1.82, 2.24) is 0 Å². The number of fused-ring (bicyclic) bond motifs is 1. The summed E-state index contributed by atoms with van der Waals surface area (Å²) in [5.74, 6) is -1.72. The molecule has 182 valence electrons. The summed E-state index contributed by atoms with van der Waals surface area (Å²) >= 11 is 6.07. The van der Waals surface area contributed by atoms with E-state index in [9.17, 15) is 14.7 Å². The van der Waals surface area contributed by atoms with Crippen LogP contribution in [0.4, 0.5) is 11.4 Å². The van der Waals surface area contributed by atoms with Crippen molar-refractivity contribution in [3.63, 3.8) is 0 Å². The maximum atomic E-state index is 13.7. The molecule has 1 amide bonds. The molecule has 36 heavy (non-hydrogen) atoms. The summed E-state index contributed by atoms with van der Waals surface area (Å²) in [6, 6.07) is 22.5. The molecule has 5 rings (SSSR count). The van der Waals surface area contributed by atoms with Crippen LogP contribution in [0.1, 0.15) is 36.0 Å². The van der Waals surface area contributed by atoms with Crippen LogP contribution in [0.15, 0.2) is 94.6 Å². The monoisotopic (exact) mass is 500 g/mol. The van der Waals surface area contributed by atoms with Gasteiger partial charge in [-0.05, 0) is 67.9 Å². The van der Waals surface area contributed by atoms with Crippen LogP contribution >= 0.6 is 11.6 Å².